The molecule has 2 aromatic rings. The minimum atomic E-state index is 0.275. The largest absolute Gasteiger partial charge is 0.488 e. The van der Waals surface area contributed by atoms with E-state index in [2.05, 4.69) is 46.3 Å². The van der Waals surface area contributed by atoms with Crippen molar-refractivity contribution in [1.82, 2.24) is 15.2 Å². The summed E-state index contributed by atoms with van der Waals surface area (Å²) in [7, 11) is 0. The van der Waals surface area contributed by atoms with Gasteiger partial charge < -0.3 is 15.0 Å². The topological polar surface area (TPSA) is 40.6 Å². The van der Waals surface area contributed by atoms with Crippen LogP contribution < -0.4 is 15.0 Å². The van der Waals surface area contributed by atoms with Crippen molar-refractivity contribution >= 4 is 16.5 Å². The molecule has 2 unspecified atom stereocenters. The Morgan fingerprint density at radius 1 is 1.23 bits per heavy atom. The fraction of sp³-hybridized carbons (Fsp3) is 0.550. The second-order valence-corrected chi connectivity index (χ2v) is 8.59. The van der Waals surface area contributed by atoms with E-state index in [1.165, 1.54) is 21.3 Å². The Bertz CT molecular complexity index is 735. The highest BCUT2D eigenvalue weighted by Crippen LogP contribution is 2.32. The van der Waals surface area contributed by atoms with Gasteiger partial charge in [-0.1, -0.05) is 18.2 Å². The highest BCUT2D eigenvalue weighted by molar-refractivity contribution is 7.15. The Balaban J connectivity index is 1.20. The second kappa shape index (κ2) is 6.83. The van der Waals surface area contributed by atoms with Gasteiger partial charge in [0.2, 0.25) is 0 Å². The number of aromatic nitrogens is 1. The summed E-state index contributed by atoms with van der Waals surface area (Å²) in [6.07, 6.45) is 2.38. The van der Waals surface area contributed by atoms with Crippen LogP contribution in [0.15, 0.2) is 24.3 Å². The Morgan fingerprint density at radius 2 is 2.08 bits per heavy atom. The van der Waals surface area contributed by atoms with Gasteiger partial charge in [-0.2, -0.15) is 0 Å². The summed E-state index contributed by atoms with van der Waals surface area (Å²) in [5.74, 6) is 1.07. The van der Waals surface area contributed by atoms with E-state index in [0.717, 1.165) is 57.9 Å². The third-order valence-electron chi connectivity index (χ3n) is 5.96. The summed E-state index contributed by atoms with van der Waals surface area (Å²) in [5.41, 5.74) is 2.67. The molecule has 1 aromatic heterocycles. The van der Waals surface area contributed by atoms with Gasteiger partial charge in [0.15, 0.2) is 5.13 Å². The van der Waals surface area contributed by atoms with Crippen molar-refractivity contribution in [2.75, 3.05) is 37.6 Å². The van der Waals surface area contributed by atoms with Gasteiger partial charge in [0, 0.05) is 63.0 Å². The van der Waals surface area contributed by atoms with Crippen molar-refractivity contribution in [1.29, 1.82) is 0 Å². The molecule has 1 saturated heterocycles. The third kappa shape index (κ3) is 3.00. The molecule has 3 aliphatic rings. The number of anilines is 1. The van der Waals surface area contributed by atoms with Crippen molar-refractivity contribution in [3.63, 3.8) is 0 Å². The van der Waals surface area contributed by atoms with Crippen molar-refractivity contribution in [2.45, 2.75) is 38.5 Å². The van der Waals surface area contributed by atoms with Crippen LogP contribution in [0.4, 0.5) is 5.13 Å². The van der Waals surface area contributed by atoms with Crippen LogP contribution in [0.25, 0.3) is 0 Å². The lowest BCUT2D eigenvalue weighted by atomic mass is 10.0. The van der Waals surface area contributed by atoms with Gasteiger partial charge in [0.05, 0.1) is 5.69 Å². The van der Waals surface area contributed by atoms with Crippen LogP contribution >= 0.6 is 11.3 Å². The number of thiazole rings is 1. The number of rotatable bonds is 3. The summed E-state index contributed by atoms with van der Waals surface area (Å²) in [4.78, 5) is 11.4. The molecule has 26 heavy (non-hydrogen) atoms. The predicted octanol–water partition coefficient (Wildman–Crippen LogP) is 2.30. The monoisotopic (exact) mass is 370 g/mol. The Hall–Kier alpha value is -1.63. The van der Waals surface area contributed by atoms with Gasteiger partial charge in [-0.05, 0) is 18.6 Å². The average Bonchev–Trinajstić information content (AvgIpc) is 3.31. The van der Waals surface area contributed by atoms with E-state index in [4.69, 9.17) is 9.72 Å². The van der Waals surface area contributed by atoms with Gasteiger partial charge in [-0.3, -0.25) is 4.90 Å². The van der Waals surface area contributed by atoms with Gasteiger partial charge in [-0.15, -0.1) is 11.3 Å². The number of hydrogen-bond acceptors (Lipinski definition) is 6. The predicted molar refractivity (Wildman–Crippen MR) is 105 cm³/mol. The molecule has 4 heterocycles. The van der Waals surface area contributed by atoms with E-state index in [0.29, 0.717) is 6.04 Å². The Labute approximate surface area is 159 Å². The van der Waals surface area contributed by atoms with Crippen LogP contribution in [0.1, 0.15) is 23.1 Å². The summed E-state index contributed by atoms with van der Waals surface area (Å²) in [6, 6.07) is 8.90. The first-order valence-corrected chi connectivity index (χ1v) is 10.5. The zero-order valence-electron chi connectivity index (χ0n) is 15.3. The van der Waals surface area contributed by atoms with E-state index in [9.17, 15) is 0 Å². The van der Waals surface area contributed by atoms with Crippen molar-refractivity contribution < 1.29 is 4.74 Å². The first-order valence-electron chi connectivity index (χ1n) is 9.71. The van der Waals surface area contributed by atoms with Gasteiger partial charge >= 0.3 is 0 Å². The zero-order valence-corrected chi connectivity index (χ0v) is 16.1. The average molecular weight is 371 g/mol. The summed E-state index contributed by atoms with van der Waals surface area (Å²) < 4.78 is 6.22. The van der Waals surface area contributed by atoms with Gasteiger partial charge in [0.25, 0.3) is 0 Å². The maximum atomic E-state index is 6.22. The lowest BCUT2D eigenvalue weighted by Crippen LogP contribution is -2.53. The van der Waals surface area contributed by atoms with E-state index in [1.807, 2.05) is 11.3 Å². The van der Waals surface area contributed by atoms with Crippen LogP contribution in [-0.2, 0) is 19.4 Å². The first kappa shape index (κ1) is 16.5. The number of fused-ring (bicyclic) bond motifs is 2. The van der Waals surface area contributed by atoms with Crippen molar-refractivity contribution in [2.24, 2.45) is 0 Å². The highest BCUT2D eigenvalue weighted by Gasteiger charge is 2.33. The fourth-order valence-corrected chi connectivity index (χ4v) is 5.41. The summed E-state index contributed by atoms with van der Waals surface area (Å²) in [6.45, 7) is 8.65. The number of benzene rings is 1. The number of para-hydroxylation sites is 1. The molecule has 5 rings (SSSR count). The lowest BCUT2D eigenvalue weighted by molar-refractivity contribution is 0.0862. The molecule has 0 radical (unpaired) electrons. The van der Waals surface area contributed by atoms with Crippen LogP contribution in [0.3, 0.4) is 0 Å². The number of hydrogen-bond donors (Lipinski definition) is 1. The van der Waals surface area contributed by atoms with E-state index >= 15 is 0 Å². The third-order valence-corrected chi connectivity index (χ3v) is 7.12. The standard InChI is InChI=1S/C20H26N4OS/c1-14(18-12-15-4-2-3-5-17(15)25-18)23-8-10-24(11-9-23)20-22-16-6-7-21-13-19(16)26-20/h2-5,14,18,21H,6-13H2,1H3. The molecule has 1 N–H and O–H groups in total. The molecule has 2 atom stereocenters. The fourth-order valence-electron chi connectivity index (χ4n) is 4.28. The molecule has 0 spiro atoms. The Morgan fingerprint density at radius 3 is 2.88 bits per heavy atom. The molecule has 0 bridgehead atoms. The molecular formula is C20H26N4OS. The maximum Gasteiger partial charge on any atom is 0.185 e. The van der Waals surface area contributed by atoms with Gasteiger partial charge in [-0.25, -0.2) is 4.98 Å². The molecule has 0 amide bonds. The zero-order chi connectivity index (χ0) is 17.5. The van der Waals surface area contributed by atoms with Crippen LogP contribution in [0, 0.1) is 0 Å². The van der Waals surface area contributed by atoms with Crippen LogP contribution in [0.2, 0.25) is 0 Å². The smallest absolute Gasteiger partial charge is 0.185 e. The minimum Gasteiger partial charge on any atom is -0.488 e. The molecule has 5 nitrogen and oxygen atoms in total. The second-order valence-electron chi connectivity index (χ2n) is 7.52. The molecule has 138 valence electrons. The van der Waals surface area contributed by atoms with E-state index in [-0.39, 0.29) is 6.10 Å². The molecular weight excluding hydrogens is 344 g/mol. The SMILES string of the molecule is CC(C1Cc2ccccc2O1)N1CCN(c2nc3c(s2)CNCC3)CC1. The van der Waals surface area contributed by atoms with Crippen LogP contribution in [-0.4, -0.2) is 54.8 Å². The molecule has 6 heteroatoms. The first-order chi connectivity index (χ1) is 12.8. The number of nitrogens with one attached hydrogen (secondary N) is 1. The highest BCUT2D eigenvalue weighted by atomic mass is 32.1. The molecule has 1 fully saturated rings. The quantitative estimate of drug-likeness (QED) is 0.898. The molecule has 3 aliphatic heterocycles. The molecule has 0 saturated carbocycles. The van der Waals surface area contributed by atoms with E-state index in [1.54, 1.807) is 0 Å². The summed E-state index contributed by atoms with van der Waals surface area (Å²) >= 11 is 1.88. The lowest BCUT2D eigenvalue weighted by Gasteiger charge is -2.39. The van der Waals surface area contributed by atoms with Crippen LogP contribution in [0.5, 0.6) is 5.75 Å². The number of nitrogens with zero attached hydrogens (tertiary/aromatic N) is 3. The Kier molecular flexibility index (Phi) is 4.35. The minimum absolute atomic E-state index is 0.275. The normalized spacial score (nSPS) is 24.0. The number of piperazine rings is 1. The maximum absolute atomic E-state index is 6.22. The number of ether oxygens (including phenoxy) is 1. The van der Waals surface area contributed by atoms with Crippen molar-refractivity contribution in [3.8, 4) is 5.75 Å². The molecule has 0 aliphatic carbocycles. The van der Waals surface area contributed by atoms with Crippen molar-refractivity contribution in [3.05, 3.63) is 40.4 Å². The molecule has 1 aromatic carbocycles. The van der Waals surface area contributed by atoms with Gasteiger partial charge in [0.1, 0.15) is 11.9 Å². The van der Waals surface area contributed by atoms with E-state index < -0.39 is 0 Å². The summed E-state index contributed by atoms with van der Waals surface area (Å²) in [5, 5.41) is 4.67.